The van der Waals surface area contributed by atoms with Gasteiger partial charge in [0, 0.05) is 128 Å². The Morgan fingerprint density at radius 2 is 0.785 bits per heavy atom. The molecule has 4 fully saturated rings. The number of rotatable bonds is 26. The largest absolute Gasteiger partial charge is 0.494 e. The van der Waals surface area contributed by atoms with E-state index in [1.165, 1.54) is 64.3 Å². The highest BCUT2D eigenvalue weighted by atomic mass is 19.4. The van der Waals surface area contributed by atoms with E-state index >= 15 is 0 Å². The van der Waals surface area contributed by atoms with Gasteiger partial charge in [0.05, 0.1) is 106 Å². The minimum Gasteiger partial charge on any atom is -0.494 e. The summed E-state index contributed by atoms with van der Waals surface area (Å²) in [7, 11) is 1.46. The smallest absolute Gasteiger partial charge is 0.416 e. The van der Waals surface area contributed by atoms with Gasteiger partial charge in [0.15, 0.2) is 0 Å². The molecule has 135 heavy (non-hydrogen) atoms. The number of hydrogen-bond acceptors (Lipinski definition) is 22. The zero-order chi connectivity index (χ0) is 96.7. The van der Waals surface area contributed by atoms with Gasteiger partial charge in [-0.3, -0.25) is 59.9 Å². The predicted octanol–water partition coefficient (Wildman–Crippen LogP) is 16.2. The monoisotopic (exact) mass is 1870 g/mol. The number of imidazole rings is 4. The number of hydrogen-bond donors (Lipinski definition) is 8. The normalized spacial score (nSPS) is 15.1. The molecule has 0 spiro atoms. The Balaban J connectivity index is 0.000000153. The molecule has 8 aromatic carbocycles. The Morgan fingerprint density at radius 3 is 1.13 bits per heavy atom. The molecular weight excluding hydrogens is 1780 g/mol. The number of carbonyl (C=O) groups is 8. The molecule has 42 heteroatoms. The second-order valence-corrected chi connectivity index (χ2v) is 31.7. The predicted molar refractivity (Wildman–Crippen MR) is 482 cm³/mol. The Labute approximate surface area is 765 Å². The fraction of sp³-hybridized carbons (Fsp3) is 0.344. The number of fused-ring (bicyclic) bond motifs is 4. The van der Waals surface area contributed by atoms with Crippen molar-refractivity contribution in [2.45, 2.75) is 116 Å². The Bertz CT molecular complexity index is 6430. The lowest BCUT2D eigenvalue weighted by Gasteiger charge is -2.28. The lowest BCUT2D eigenvalue weighted by Crippen LogP contribution is -2.41. The highest BCUT2D eigenvalue weighted by Gasteiger charge is 2.36. The third-order valence-corrected chi connectivity index (χ3v) is 22.5. The van der Waals surface area contributed by atoms with Crippen molar-refractivity contribution >= 4 is 138 Å². The Kier molecular flexibility index (Phi) is 31.4. The van der Waals surface area contributed by atoms with Gasteiger partial charge in [-0.05, 0) is 200 Å². The van der Waals surface area contributed by atoms with E-state index in [1.54, 1.807) is 91.4 Å². The van der Waals surface area contributed by atoms with Crippen LogP contribution in [0.3, 0.4) is 0 Å². The summed E-state index contributed by atoms with van der Waals surface area (Å²) >= 11 is 0. The number of ether oxygens (including phenoxy) is 5. The molecule has 34 nitrogen and oxygen atoms in total. The Hall–Kier alpha value is -14.7. The highest BCUT2D eigenvalue weighted by molar-refractivity contribution is 6.08. The van der Waals surface area contributed by atoms with Crippen LogP contribution >= 0.6 is 0 Å². The van der Waals surface area contributed by atoms with E-state index in [2.05, 4.69) is 41.2 Å². The van der Waals surface area contributed by atoms with Crippen LogP contribution < -0.4 is 45.6 Å². The third-order valence-electron chi connectivity index (χ3n) is 22.5. The molecule has 8 N–H and O–H groups in total. The molecule has 4 aliphatic heterocycles. The van der Waals surface area contributed by atoms with Gasteiger partial charge >= 0.3 is 30.6 Å². The maximum Gasteiger partial charge on any atom is 0.416 e. The first-order valence-electron chi connectivity index (χ1n) is 43.0. The van der Waals surface area contributed by atoms with Gasteiger partial charge in [0.2, 0.25) is 23.8 Å². The van der Waals surface area contributed by atoms with Gasteiger partial charge in [-0.25, -0.2) is 43.1 Å². The number of nitriles is 1. The molecule has 4 aromatic heterocycles. The molecule has 0 bridgehead atoms. The molecule has 8 heterocycles. The fourth-order valence-electron chi connectivity index (χ4n) is 15.7. The van der Waals surface area contributed by atoms with E-state index in [0.717, 1.165) is 48.3 Å². The number of carbonyl (C=O) groups excluding carboxylic acids is 8. The van der Waals surface area contributed by atoms with E-state index in [-0.39, 0.29) is 103 Å². The number of halogens is 8. The number of anilines is 8. The minimum atomic E-state index is -4.59. The molecule has 0 unspecified atom stereocenters. The lowest BCUT2D eigenvalue weighted by molar-refractivity contribution is -0.138. The van der Waals surface area contributed by atoms with E-state index < -0.39 is 71.8 Å². The van der Waals surface area contributed by atoms with E-state index in [0.29, 0.717) is 175 Å². The van der Waals surface area contributed by atoms with Crippen molar-refractivity contribution in [3.63, 3.8) is 0 Å². The Morgan fingerprint density at radius 1 is 0.437 bits per heavy atom. The van der Waals surface area contributed by atoms with Crippen LogP contribution in [0.25, 0.3) is 44.1 Å². The average molecular weight is 1870 g/mol. The zero-order valence-electron chi connectivity index (χ0n) is 73.6. The fourth-order valence-corrected chi connectivity index (χ4v) is 15.7. The summed E-state index contributed by atoms with van der Waals surface area (Å²) in [5.41, 5.74) is 5.36. The van der Waals surface area contributed by atoms with Crippen molar-refractivity contribution in [2.24, 2.45) is 0 Å². The van der Waals surface area contributed by atoms with E-state index in [1.807, 2.05) is 50.5 Å². The van der Waals surface area contributed by atoms with Crippen LogP contribution in [0.1, 0.15) is 167 Å². The van der Waals surface area contributed by atoms with Gasteiger partial charge in [-0.1, -0.05) is 30.3 Å². The second-order valence-electron chi connectivity index (χ2n) is 31.7. The molecule has 16 rings (SSSR count). The number of methoxy groups -OCH3 is 1. The van der Waals surface area contributed by atoms with E-state index in [9.17, 15) is 93.9 Å². The number of aromatic nitrogens is 8. The van der Waals surface area contributed by atoms with Crippen LogP contribution in [0.5, 0.6) is 5.75 Å². The summed E-state index contributed by atoms with van der Waals surface area (Å²) in [6.07, 6.45) is -9.44. The van der Waals surface area contributed by atoms with Gasteiger partial charge in [0.1, 0.15) is 12.4 Å². The molecule has 0 aliphatic carbocycles. The maximum absolute atomic E-state index is 13.1. The number of nitrogens with zero attached hydrogens (tertiary/aromatic N) is 13. The van der Waals surface area contributed by atoms with Crippen LogP contribution in [-0.2, 0) is 36.1 Å². The average Bonchev–Trinajstić information content (AvgIpc) is 1.63. The number of benzene rings is 8. The molecule has 4 atom stereocenters. The first kappa shape index (κ1) is 97.8. The minimum absolute atomic E-state index is 0.0177. The summed E-state index contributed by atoms with van der Waals surface area (Å²) in [5.74, 6) is -1.60. The van der Waals surface area contributed by atoms with Crippen molar-refractivity contribution < 1.29 is 118 Å². The standard InChI is InChI=1S/C24H25F3N4O5.C23H23F3N4O4.C23H24F2N4O4.C23H23N5O4/c1-14(6-8-32)31-18-12-20(35-2)19(30-7-9-36-13-21(30)33)11-17(18)28-23(31)29-22(34)15-4-3-5-16(10-15)24(25,26)27;1-14(8-10-31)30-19-7-6-17(29-9-3-11-34-22(29)33)13-18(19)27-21(30)28-20(32)15-4-2-5-16(12-15)23(24,25)26;1-14(8-10-30)29-19-7-6-17(28-9-3-11-33-23(28)32)13-18(19)26-22(29)27-21(31)16-5-2-4-15(12-16)20(24)25;1-15(8-10-29)28-20-7-6-18(27-9-3-11-32-23(27)31)13-19(20)25-22(28)26-21(30)17-5-2-4-16(12-17)14-24/h3-5,10-12,14,32H,6-9,13H2,1-2H3,(H,28,29,34);2,4-7,12-14,31H,3,8-11H2,1H3,(H,27,28,32);2,4-7,12-14,20,30H,3,8-11H2,1H3,(H,26,27,31);2,4-7,12-13,15,29H,3,8-11H2,1H3,(H,25,26,30)/t3*14-;15-/m1111/s1. The highest BCUT2D eigenvalue weighted by Crippen LogP contribution is 2.41. The number of nitrogens with one attached hydrogen (secondary N) is 4. The lowest BCUT2D eigenvalue weighted by atomic mass is 10.1. The number of alkyl halides is 8. The molecule has 710 valence electrons. The SMILES string of the molecule is COc1cc2c(cc1N1CCOCC1=O)nc(NC(=O)c1cccc(C(F)(F)F)c1)n2[C@H](C)CCO.C[C@H](CCO)n1c(NC(=O)c2cccc(C#N)c2)nc2cc(N3CCCOC3=O)ccc21.C[C@H](CCO)n1c(NC(=O)c2cccc(C(F)(F)F)c2)nc2cc(N3CCCOC3=O)ccc21.C[C@H](CCO)n1c(NC(=O)c2cccc(C(F)F)c2)nc2cc(N3CCCOC3=O)ccc21. The molecular formula is C93H95F8N17O17. The van der Waals surface area contributed by atoms with E-state index in [4.69, 9.17) is 28.9 Å². The molecule has 12 aromatic rings. The summed E-state index contributed by atoms with van der Waals surface area (Å²) in [6, 6.07) is 40.2. The van der Waals surface area contributed by atoms with Crippen LogP contribution in [0.15, 0.2) is 164 Å². The molecule has 0 saturated carbocycles. The van der Waals surface area contributed by atoms with Crippen molar-refractivity contribution in [1.29, 1.82) is 5.26 Å². The molecule has 4 aliphatic rings. The molecule has 0 radical (unpaired) electrons. The number of aliphatic hydroxyl groups is 4. The summed E-state index contributed by atoms with van der Waals surface area (Å²) < 4.78 is 138. The summed E-state index contributed by atoms with van der Waals surface area (Å²) in [6.45, 7) is 10.4. The van der Waals surface area contributed by atoms with Crippen LogP contribution in [0, 0.1) is 11.3 Å². The van der Waals surface area contributed by atoms with Gasteiger partial charge in [-0.2, -0.15) is 31.6 Å². The van der Waals surface area contributed by atoms with Crippen molar-refractivity contribution in [1.82, 2.24) is 38.2 Å². The van der Waals surface area contributed by atoms with Gasteiger partial charge in [-0.15, -0.1) is 0 Å². The number of amides is 8. The maximum atomic E-state index is 13.1. The van der Waals surface area contributed by atoms with Crippen LogP contribution in [0.2, 0.25) is 0 Å². The molecule has 4 saturated heterocycles. The molecule has 8 amide bonds. The number of aliphatic hydroxyl groups excluding tert-OH is 4. The van der Waals surface area contributed by atoms with Crippen LogP contribution in [0.4, 0.5) is 96.0 Å². The summed E-state index contributed by atoms with van der Waals surface area (Å²) in [4.78, 5) is 124. The first-order valence-corrected chi connectivity index (χ1v) is 43.0. The quantitative estimate of drug-likeness (QED) is 0.0184. The topological polar surface area (TPSA) is 420 Å². The second kappa shape index (κ2) is 43.3. The van der Waals surface area contributed by atoms with Gasteiger partial charge in [0.25, 0.3) is 36.0 Å². The first-order chi connectivity index (χ1) is 64.7. The number of cyclic esters (lactones) is 3. The summed E-state index contributed by atoms with van der Waals surface area (Å²) in [5, 5.41) is 57.7. The van der Waals surface area contributed by atoms with Crippen molar-refractivity contribution in [3.8, 4) is 11.8 Å². The van der Waals surface area contributed by atoms with Crippen molar-refractivity contribution in [3.05, 3.63) is 208 Å². The zero-order valence-corrected chi connectivity index (χ0v) is 73.6. The van der Waals surface area contributed by atoms with Gasteiger partial charge < -0.3 is 67.3 Å². The number of morpholine rings is 1. The van der Waals surface area contributed by atoms with Crippen LogP contribution in [-0.4, -0.2) is 199 Å². The van der Waals surface area contributed by atoms with Crippen molar-refractivity contribution in [2.75, 3.05) is 134 Å². The third kappa shape index (κ3) is 22.8.